The van der Waals surface area contributed by atoms with Crippen molar-refractivity contribution in [2.45, 2.75) is 25.3 Å². The monoisotopic (exact) mass is 181 g/mol. The molecule has 0 saturated heterocycles. The molecule has 64 valence electrons. The van der Waals surface area contributed by atoms with Gasteiger partial charge in [0.2, 0.25) is 0 Å². The van der Waals surface area contributed by atoms with Gasteiger partial charge in [-0.3, -0.25) is 0 Å². The molecule has 0 bridgehead atoms. The van der Waals surface area contributed by atoms with Crippen LogP contribution < -0.4 is 5.73 Å². The standard InChI is InChI=1S/C10H12ClN/c11-10-5-8(7-1-2-7)3-4-9(10)6-12/h3-5,7H,1-2,6,12H2. The molecule has 2 N–H and O–H groups in total. The molecule has 1 fully saturated rings. The van der Waals surface area contributed by atoms with E-state index in [-0.39, 0.29) is 0 Å². The zero-order valence-corrected chi connectivity index (χ0v) is 7.64. The van der Waals surface area contributed by atoms with Crippen LogP contribution in [0.4, 0.5) is 0 Å². The van der Waals surface area contributed by atoms with Crippen LogP contribution in [0.5, 0.6) is 0 Å². The molecule has 2 rings (SSSR count). The molecular formula is C10H12ClN. The van der Waals surface area contributed by atoms with Crippen LogP contribution in [0.3, 0.4) is 0 Å². The van der Waals surface area contributed by atoms with Crippen molar-refractivity contribution in [3.8, 4) is 0 Å². The number of benzene rings is 1. The van der Waals surface area contributed by atoms with Gasteiger partial charge < -0.3 is 5.73 Å². The van der Waals surface area contributed by atoms with Crippen molar-refractivity contribution >= 4 is 11.6 Å². The molecule has 0 radical (unpaired) electrons. The Bertz CT molecular complexity index is 292. The highest BCUT2D eigenvalue weighted by Crippen LogP contribution is 2.41. The molecule has 0 aliphatic heterocycles. The Kier molecular flexibility index (Phi) is 2.07. The summed E-state index contributed by atoms with van der Waals surface area (Å²) in [6.45, 7) is 0.532. The van der Waals surface area contributed by atoms with E-state index in [0.29, 0.717) is 6.54 Å². The molecule has 2 heteroatoms. The highest BCUT2D eigenvalue weighted by molar-refractivity contribution is 6.31. The Morgan fingerprint density at radius 3 is 2.67 bits per heavy atom. The number of halogens is 1. The van der Waals surface area contributed by atoms with Gasteiger partial charge in [-0.2, -0.15) is 0 Å². The summed E-state index contributed by atoms with van der Waals surface area (Å²) in [5.74, 6) is 0.773. The van der Waals surface area contributed by atoms with E-state index in [1.165, 1.54) is 18.4 Å². The predicted octanol–water partition coefficient (Wildman–Crippen LogP) is 2.68. The van der Waals surface area contributed by atoms with E-state index in [2.05, 4.69) is 12.1 Å². The van der Waals surface area contributed by atoms with Gasteiger partial charge in [-0.15, -0.1) is 0 Å². The van der Waals surface area contributed by atoms with Gasteiger partial charge in [0.1, 0.15) is 0 Å². The van der Waals surface area contributed by atoms with E-state index in [1.807, 2.05) is 6.07 Å². The van der Waals surface area contributed by atoms with Crippen LogP contribution >= 0.6 is 11.6 Å². The van der Waals surface area contributed by atoms with Crippen LogP contribution in [0.15, 0.2) is 18.2 Å². The molecule has 0 aromatic heterocycles. The van der Waals surface area contributed by atoms with Gasteiger partial charge >= 0.3 is 0 Å². The third kappa shape index (κ3) is 1.47. The van der Waals surface area contributed by atoms with Crippen molar-refractivity contribution in [3.05, 3.63) is 34.3 Å². The minimum absolute atomic E-state index is 0.532. The first-order chi connectivity index (χ1) is 5.81. The Morgan fingerprint density at radius 2 is 2.17 bits per heavy atom. The summed E-state index contributed by atoms with van der Waals surface area (Å²) in [6.07, 6.45) is 2.64. The SMILES string of the molecule is NCc1ccc(C2CC2)cc1Cl. The number of rotatable bonds is 2. The summed E-state index contributed by atoms with van der Waals surface area (Å²) in [7, 11) is 0. The fraction of sp³-hybridized carbons (Fsp3) is 0.400. The molecule has 0 spiro atoms. The Balaban J connectivity index is 2.30. The van der Waals surface area contributed by atoms with Crippen molar-refractivity contribution in [1.29, 1.82) is 0 Å². The van der Waals surface area contributed by atoms with Crippen molar-refractivity contribution in [1.82, 2.24) is 0 Å². The van der Waals surface area contributed by atoms with Gasteiger partial charge in [0.15, 0.2) is 0 Å². The molecule has 0 atom stereocenters. The second-order valence-electron chi connectivity index (χ2n) is 3.33. The number of hydrogen-bond donors (Lipinski definition) is 1. The zero-order chi connectivity index (χ0) is 8.55. The fourth-order valence-corrected chi connectivity index (χ4v) is 1.67. The van der Waals surface area contributed by atoms with Gasteiger partial charge in [-0.1, -0.05) is 23.7 Å². The van der Waals surface area contributed by atoms with Gasteiger partial charge in [0.05, 0.1) is 0 Å². The topological polar surface area (TPSA) is 26.0 Å². The van der Waals surface area contributed by atoms with E-state index in [0.717, 1.165) is 16.5 Å². The van der Waals surface area contributed by atoms with Crippen LogP contribution in [-0.2, 0) is 6.54 Å². The molecule has 1 aliphatic carbocycles. The lowest BCUT2D eigenvalue weighted by Gasteiger charge is -2.03. The van der Waals surface area contributed by atoms with Crippen LogP contribution in [0.1, 0.15) is 29.9 Å². The van der Waals surface area contributed by atoms with E-state index in [1.54, 1.807) is 0 Å². The Morgan fingerprint density at radius 1 is 1.42 bits per heavy atom. The van der Waals surface area contributed by atoms with Crippen molar-refractivity contribution in [3.63, 3.8) is 0 Å². The molecule has 0 heterocycles. The van der Waals surface area contributed by atoms with Crippen LogP contribution in [-0.4, -0.2) is 0 Å². The lowest BCUT2D eigenvalue weighted by atomic mass is 10.1. The first kappa shape index (κ1) is 8.09. The molecule has 12 heavy (non-hydrogen) atoms. The maximum Gasteiger partial charge on any atom is 0.0453 e. The molecule has 0 unspecified atom stereocenters. The van der Waals surface area contributed by atoms with Gasteiger partial charge in [-0.25, -0.2) is 0 Å². The van der Waals surface area contributed by atoms with Crippen molar-refractivity contribution in [2.24, 2.45) is 5.73 Å². The third-order valence-corrected chi connectivity index (χ3v) is 2.70. The van der Waals surface area contributed by atoms with Gasteiger partial charge in [0, 0.05) is 11.6 Å². The first-order valence-electron chi connectivity index (χ1n) is 4.29. The normalized spacial score (nSPS) is 16.5. The van der Waals surface area contributed by atoms with E-state index >= 15 is 0 Å². The fourth-order valence-electron chi connectivity index (χ4n) is 1.40. The van der Waals surface area contributed by atoms with E-state index in [4.69, 9.17) is 17.3 Å². The molecular weight excluding hydrogens is 170 g/mol. The average Bonchev–Trinajstić information content (AvgIpc) is 2.86. The molecule has 1 nitrogen and oxygen atoms in total. The highest BCUT2D eigenvalue weighted by Gasteiger charge is 2.23. The smallest absolute Gasteiger partial charge is 0.0453 e. The first-order valence-corrected chi connectivity index (χ1v) is 4.67. The number of nitrogens with two attached hydrogens (primary N) is 1. The molecule has 1 aromatic carbocycles. The summed E-state index contributed by atoms with van der Waals surface area (Å²) >= 11 is 6.02. The second kappa shape index (κ2) is 3.08. The predicted molar refractivity (Wildman–Crippen MR) is 51.3 cm³/mol. The zero-order valence-electron chi connectivity index (χ0n) is 6.89. The van der Waals surface area contributed by atoms with Crippen molar-refractivity contribution < 1.29 is 0 Å². The maximum atomic E-state index is 6.02. The molecule has 0 amide bonds. The van der Waals surface area contributed by atoms with Gasteiger partial charge in [0.25, 0.3) is 0 Å². The van der Waals surface area contributed by atoms with E-state index in [9.17, 15) is 0 Å². The molecule has 1 saturated carbocycles. The average molecular weight is 182 g/mol. The minimum Gasteiger partial charge on any atom is -0.326 e. The summed E-state index contributed by atoms with van der Waals surface area (Å²) in [5.41, 5.74) is 7.92. The number of hydrogen-bond acceptors (Lipinski definition) is 1. The van der Waals surface area contributed by atoms with Crippen LogP contribution in [0.2, 0.25) is 5.02 Å². The minimum atomic E-state index is 0.532. The van der Waals surface area contributed by atoms with Crippen LogP contribution in [0.25, 0.3) is 0 Å². The molecule has 1 aliphatic rings. The summed E-state index contributed by atoms with van der Waals surface area (Å²) in [6, 6.07) is 6.24. The quantitative estimate of drug-likeness (QED) is 0.746. The molecule has 1 aromatic rings. The summed E-state index contributed by atoms with van der Waals surface area (Å²) in [5, 5.41) is 0.821. The summed E-state index contributed by atoms with van der Waals surface area (Å²) in [4.78, 5) is 0. The van der Waals surface area contributed by atoms with Crippen LogP contribution in [0, 0.1) is 0 Å². The second-order valence-corrected chi connectivity index (χ2v) is 3.74. The highest BCUT2D eigenvalue weighted by atomic mass is 35.5. The Labute approximate surface area is 77.5 Å². The third-order valence-electron chi connectivity index (χ3n) is 2.35. The maximum absolute atomic E-state index is 6.02. The lowest BCUT2D eigenvalue weighted by molar-refractivity contribution is 1.05. The lowest BCUT2D eigenvalue weighted by Crippen LogP contribution is -1.97. The Hall–Kier alpha value is -0.530. The van der Waals surface area contributed by atoms with E-state index < -0.39 is 0 Å². The summed E-state index contributed by atoms with van der Waals surface area (Å²) < 4.78 is 0. The van der Waals surface area contributed by atoms with Gasteiger partial charge in [-0.05, 0) is 36.0 Å². The largest absolute Gasteiger partial charge is 0.326 e. The van der Waals surface area contributed by atoms with Crippen molar-refractivity contribution in [2.75, 3.05) is 0 Å².